The zero-order valence-electron chi connectivity index (χ0n) is 10.1. The van der Waals surface area contributed by atoms with Gasteiger partial charge in [0.15, 0.2) is 11.5 Å². The normalized spacial score (nSPS) is 10.9. The van der Waals surface area contributed by atoms with Gasteiger partial charge in [-0.2, -0.15) is 0 Å². The van der Waals surface area contributed by atoms with Crippen LogP contribution in [0.5, 0.6) is 0 Å². The van der Waals surface area contributed by atoms with E-state index in [-0.39, 0.29) is 0 Å². The molecule has 0 saturated carbocycles. The summed E-state index contributed by atoms with van der Waals surface area (Å²) < 4.78 is 6.53. The second-order valence-electron chi connectivity index (χ2n) is 3.70. The number of nitrogens with zero attached hydrogens (tertiary/aromatic N) is 6. The molecule has 0 aliphatic heterocycles. The van der Waals surface area contributed by atoms with Crippen molar-refractivity contribution < 1.29 is 4.74 Å². The molecule has 0 aliphatic rings. The van der Waals surface area contributed by atoms with Crippen LogP contribution < -0.4 is 4.90 Å². The van der Waals surface area contributed by atoms with Crippen molar-refractivity contribution in [2.75, 3.05) is 31.7 Å². The van der Waals surface area contributed by atoms with Crippen LogP contribution in [-0.4, -0.2) is 52.1 Å². The van der Waals surface area contributed by atoms with E-state index in [1.165, 1.54) is 4.63 Å². The minimum absolute atomic E-state index is 0.650. The van der Waals surface area contributed by atoms with E-state index < -0.39 is 0 Å². The van der Waals surface area contributed by atoms with Gasteiger partial charge in [0.05, 0.1) is 6.61 Å². The number of tetrazole rings is 1. The summed E-state index contributed by atoms with van der Waals surface area (Å²) in [6.07, 6.45) is 1.05. The number of ether oxygens (including phenoxy) is 1. The lowest BCUT2D eigenvalue weighted by Gasteiger charge is -2.22. The molecule has 0 aromatic carbocycles. The van der Waals surface area contributed by atoms with Gasteiger partial charge in [-0.3, -0.25) is 0 Å². The van der Waals surface area contributed by atoms with Crippen LogP contribution in [0.3, 0.4) is 0 Å². The van der Waals surface area contributed by atoms with Crippen molar-refractivity contribution >= 4 is 11.5 Å². The number of methoxy groups -OCH3 is 1. The molecule has 7 heteroatoms. The second kappa shape index (κ2) is 5.53. The molecule has 0 N–H and O–H groups in total. The fourth-order valence-electron chi connectivity index (χ4n) is 1.62. The number of aromatic nitrogens is 5. The van der Waals surface area contributed by atoms with Gasteiger partial charge in [-0.05, 0) is 29.0 Å². The minimum Gasteiger partial charge on any atom is -0.383 e. The van der Waals surface area contributed by atoms with E-state index in [0.29, 0.717) is 12.3 Å². The lowest BCUT2D eigenvalue weighted by molar-refractivity contribution is 0.205. The second-order valence-corrected chi connectivity index (χ2v) is 3.70. The maximum Gasteiger partial charge on any atom is 0.200 e. The largest absolute Gasteiger partial charge is 0.383 e. The zero-order chi connectivity index (χ0) is 12.1. The molecule has 92 valence electrons. The third kappa shape index (κ3) is 2.68. The zero-order valence-corrected chi connectivity index (χ0v) is 10.1. The van der Waals surface area contributed by atoms with Crippen LogP contribution in [0.2, 0.25) is 0 Å². The first kappa shape index (κ1) is 11.7. The highest BCUT2D eigenvalue weighted by molar-refractivity contribution is 5.44. The maximum atomic E-state index is 5.10. The van der Waals surface area contributed by atoms with E-state index in [0.717, 1.165) is 25.3 Å². The van der Waals surface area contributed by atoms with Crippen LogP contribution in [0.4, 0.5) is 5.82 Å². The Kier molecular flexibility index (Phi) is 3.81. The number of hydrogen-bond acceptors (Lipinski definition) is 6. The van der Waals surface area contributed by atoms with Crippen LogP contribution in [0.15, 0.2) is 12.1 Å². The molecule has 0 bridgehead atoms. The van der Waals surface area contributed by atoms with Crippen LogP contribution in [-0.2, 0) is 4.74 Å². The van der Waals surface area contributed by atoms with Crippen LogP contribution in [0, 0.1) is 0 Å². The Bertz CT molecular complexity index is 471. The fraction of sp³-hybridized carbons (Fsp3) is 0.600. The molecule has 0 radical (unpaired) electrons. The predicted octanol–water partition coefficient (Wildman–Crippen LogP) is 0.382. The first-order valence-electron chi connectivity index (χ1n) is 5.64. The Hall–Kier alpha value is -1.76. The van der Waals surface area contributed by atoms with Crippen molar-refractivity contribution in [3.8, 4) is 0 Å². The highest BCUT2D eigenvalue weighted by Gasteiger charge is 2.08. The summed E-state index contributed by atoms with van der Waals surface area (Å²) in [7, 11) is 1.70. The molecule has 2 heterocycles. The maximum absolute atomic E-state index is 5.10. The smallest absolute Gasteiger partial charge is 0.200 e. The standard InChI is InChI=1S/C10H16N6O/c1-3-6-15(7-8-17-2)10-5-4-9-11-13-14-16(9)12-10/h4-5H,3,6-8H2,1-2H3. The highest BCUT2D eigenvalue weighted by atomic mass is 16.5. The van der Waals surface area contributed by atoms with Crippen molar-refractivity contribution in [3.05, 3.63) is 12.1 Å². The molecule has 0 fully saturated rings. The molecule has 2 rings (SSSR count). The molecule has 2 aromatic heterocycles. The lowest BCUT2D eigenvalue weighted by atomic mass is 10.4. The quantitative estimate of drug-likeness (QED) is 0.722. The summed E-state index contributed by atoms with van der Waals surface area (Å²) in [5, 5.41) is 15.5. The van der Waals surface area contributed by atoms with E-state index in [1.807, 2.05) is 12.1 Å². The van der Waals surface area contributed by atoms with Gasteiger partial charge >= 0.3 is 0 Å². The Morgan fingerprint density at radius 2 is 2.24 bits per heavy atom. The minimum atomic E-state index is 0.650. The molecule has 17 heavy (non-hydrogen) atoms. The monoisotopic (exact) mass is 236 g/mol. The molecule has 0 aliphatic carbocycles. The van der Waals surface area contributed by atoms with Crippen LogP contribution >= 0.6 is 0 Å². The van der Waals surface area contributed by atoms with Crippen molar-refractivity contribution in [3.63, 3.8) is 0 Å². The summed E-state index contributed by atoms with van der Waals surface area (Å²) in [4.78, 5) is 2.16. The topological polar surface area (TPSA) is 68.4 Å². The van der Waals surface area contributed by atoms with E-state index in [2.05, 4.69) is 32.4 Å². The molecular formula is C10H16N6O. The highest BCUT2D eigenvalue weighted by Crippen LogP contribution is 2.10. The molecule has 7 nitrogen and oxygen atoms in total. The number of rotatable bonds is 6. The molecule has 0 atom stereocenters. The van der Waals surface area contributed by atoms with Gasteiger partial charge in [-0.15, -0.1) is 14.8 Å². The molecule has 0 spiro atoms. The summed E-state index contributed by atoms with van der Waals surface area (Å²) >= 11 is 0. The summed E-state index contributed by atoms with van der Waals surface area (Å²) in [5.41, 5.74) is 0.650. The Balaban J connectivity index is 2.20. The van der Waals surface area contributed by atoms with Gasteiger partial charge in [0.25, 0.3) is 0 Å². The summed E-state index contributed by atoms with van der Waals surface area (Å²) in [6.45, 7) is 4.56. The molecule has 0 amide bonds. The van der Waals surface area contributed by atoms with Crippen molar-refractivity contribution in [1.29, 1.82) is 0 Å². The fourth-order valence-corrected chi connectivity index (χ4v) is 1.62. The first-order valence-corrected chi connectivity index (χ1v) is 5.64. The van der Waals surface area contributed by atoms with Crippen molar-refractivity contribution in [1.82, 2.24) is 25.3 Å². The Morgan fingerprint density at radius 3 is 3.00 bits per heavy atom. The third-order valence-electron chi connectivity index (χ3n) is 2.44. The van der Waals surface area contributed by atoms with Crippen molar-refractivity contribution in [2.45, 2.75) is 13.3 Å². The summed E-state index contributed by atoms with van der Waals surface area (Å²) in [6, 6.07) is 3.79. The third-order valence-corrected chi connectivity index (χ3v) is 2.44. The van der Waals surface area contributed by atoms with E-state index in [4.69, 9.17) is 4.74 Å². The molecular weight excluding hydrogens is 220 g/mol. The van der Waals surface area contributed by atoms with Crippen LogP contribution in [0.1, 0.15) is 13.3 Å². The number of fused-ring (bicyclic) bond motifs is 1. The average Bonchev–Trinajstić information content (AvgIpc) is 2.81. The van der Waals surface area contributed by atoms with Crippen LogP contribution in [0.25, 0.3) is 5.65 Å². The van der Waals surface area contributed by atoms with Gasteiger partial charge in [0.2, 0.25) is 0 Å². The average molecular weight is 236 g/mol. The van der Waals surface area contributed by atoms with E-state index >= 15 is 0 Å². The predicted molar refractivity (Wildman–Crippen MR) is 63.0 cm³/mol. The molecule has 2 aromatic rings. The SMILES string of the molecule is CCCN(CCOC)c1ccc2nnnn2n1. The Morgan fingerprint density at radius 1 is 1.35 bits per heavy atom. The van der Waals surface area contributed by atoms with Gasteiger partial charge in [-0.25, -0.2) is 0 Å². The number of hydrogen-bond donors (Lipinski definition) is 0. The van der Waals surface area contributed by atoms with Gasteiger partial charge in [-0.1, -0.05) is 6.92 Å². The first-order chi connectivity index (χ1) is 8.35. The summed E-state index contributed by atoms with van der Waals surface area (Å²) in [5.74, 6) is 0.865. The number of anilines is 1. The van der Waals surface area contributed by atoms with E-state index in [1.54, 1.807) is 7.11 Å². The van der Waals surface area contributed by atoms with E-state index in [9.17, 15) is 0 Å². The lowest BCUT2D eigenvalue weighted by Crippen LogP contribution is -2.29. The van der Waals surface area contributed by atoms with Gasteiger partial charge in [0, 0.05) is 20.2 Å². The Labute approximate surface area is 99.4 Å². The molecule has 0 saturated heterocycles. The molecule has 0 unspecified atom stereocenters. The van der Waals surface area contributed by atoms with Crippen molar-refractivity contribution in [2.24, 2.45) is 0 Å². The van der Waals surface area contributed by atoms with Gasteiger partial charge < -0.3 is 9.64 Å². The van der Waals surface area contributed by atoms with Gasteiger partial charge in [0.1, 0.15) is 0 Å².